The minimum Gasteiger partial charge on any atom is -0.494 e. The van der Waals surface area contributed by atoms with E-state index in [2.05, 4.69) is 5.32 Å². The number of hydrogen-bond acceptors (Lipinski definition) is 4. The van der Waals surface area contributed by atoms with E-state index in [1.54, 1.807) is 54.6 Å². The Labute approximate surface area is 151 Å². The number of esters is 1. The lowest BCUT2D eigenvalue weighted by Gasteiger charge is -2.07. The van der Waals surface area contributed by atoms with Crippen LogP contribution >= 0.6 is 11.6 Å². The first kappa shape index (κ1) is 18.5. The number of rotatable bonds is 7. The zero-order chi connectivity index (χ0) is 18.1. The summed E-state index contributed by atoms with van der Waals surface area (Å²) in [4.78, 5) is 23.4. The highest BCUT2D eigenvalue weighted by molar-refractivity contribution is 6.30. The molecule has 130 valence electrons. The fourth-order valence-corrected chi connectivity index (χ4v) is 2.05. The summed E-state index contributed by atoms with van der Waals surface area (Å²) in [6, 6.07) is 13.9. The van der Waals surface area contributed by atoms with Crippen LogP contribution < -0.4 is 10.1 Å². The number of carbonyl (C=O) groups excluding carboxylic acids is 2. The molecule has 0 unspecified atom stereocenters. The molecule has 0 radical (unpaired) electrons. The fourth-order valence-electron chi connectivity index (χ4n) is 1.92. The van der Waals surface area contributed by atoms with Crippen LogP contribution in [-0.2, 0) is 14.3 Å². The topological polar surface area (TPSA) is 64.6 Å². The molecular formula is C19H18ClNO4. The average molecular weight is 360 g/mol. The highest BCUT2D eigenvalue weighted by Crippen LogP contribution is 2.15. The summed E-state index contributed by atoms with van der Waals surface area (Å²) in [6.45, 7) is 2.10. The summed E-state index contributed by atoms with van der Waals surface area (Å²) < 4.78 is 10.2. The fraction of sp³-hybridized carbons (Fsp3) is 0.158. The van der Waals surface area contributed by atoms with Gasteiger partial charge in [0.2, 0.25) is 0 Å². The number of benzene rings is 2. The Morgan fingerprint density at radius 1 is 1.08 bits per heavy atom. The van der Waals surface area contributed by atoms with E-state index in [9.17, 15) is 9.59 Å². The van der Waals surface area contributed by atoms with Gasteiger partial charge in [-0.3, -0.25) is 4.79 Å². The van der Waals surface area contributed by atoms with E-state index in [0.717, 1.165) is 11.3 Å². The van der Waals surface area contributed by atoms with Gasteiger partial charge in [-0.1, -0.05) is 23.7 Å². The van der Waals surface area contributed by atoms with Crippen LogP contribution in [-0.4, -0.2) is 25.1 Å². The van der Waals surface area contributed by atoms with E-state index >= 15 is 0 Å². The molecule has 2 rings (SSSR count). The molecule has 5 nitrogen and oxygen atoms in total. The summed E-state index contributed by atoms with van der Waals surface area (Å²) in [5.41, 5.74) is 1.40. The molecule has 0 bridgehead atoms. The molecule has 0 atom stereocenters. The monoisotopic (exact) mass is 359 g/mol. The van der Waals surface area contributed by atoms with E-state index in [-0.39, 0.29) is 6.61 Å². The quantitative estimate of drug-likeness (QED) is 0.601. The largest absolute Gasteiger partial charge is 0.494 e. The lowest BCUT2D eigenvalue weighted by molar-refractivity contribution is -0.142. The summed E-state index contributed by atoms with van der Waals surface area (Å²) in [5.74, 6) is -0.298. The normalized spacial score (nSPS) is 10.5. The lowest BCUT2D eigenvalue weighted by Crippen LogP contribution is -2.20. The smallest absolute Gasteiger partial charge is 0.331 e. The molecule has 0 saturated heterocycles. The van der Waals surface area contributed by atoms with Gasteiger partial charge in [-0.05, 0) is 55.0 Å². The Bertz CT molecular complexity index is 739. The van der Waals surface area contributed by atoms with Crippen molar-refractivity contribution in [1.29, 1.82) is 0 Å². The standard InChI is InChI=1S/C19H18ClNO4/c1-2-24-17-10-8-16(9-11-17)21-18(22)13-25-19(23)12-5-14-3-6-15(20)7-4-14/h3-12H,2,13H2,1H3,(H,21,22)/b12-5+. The number of ether oxygens (including phenoxy) is 2. The Hall–Kier alpha value is -2.79. The maximum Gasteiger partial charge on any atom is 0.331 e. The van der Waals surface area contributed by atoms with Gasteiger partial charge in [0, 0.05) is 16.8 Å². The van der Waals surface area contributed by atoms with E-state index in [0.29, 0.717) is 17.3 Å². The molecule has 6 heteroatoms. The molecule has 0 aromatic heterocycles. The van der Waals surface area contributed by atoms with Gasteiger partial charge in [-0.2, -0.15) is 0 Å². The van der Waals surface area contributed by atoms with Crippen molar-refractivity contribution in [3.63, 3.8) is 0 Å². The number of hydrogen-bond donors (Lipinski definition) is 1. The highest BCUT2D eigenvalue weighted by Gasteiger charge is 2.06. The lowest BCUT2D eigenvalue weighted by atomic mass is 10.2. The van der Waals surface area contributed by atoms with Crippen LogP contribution in [0.2, 0.25) is 5.02 Å². The summed E-state index contributed by atoms with van der Waals surface area (Å²) in [5, 5.41) is 3.25. The minimum atomic E-state index is -0.600. The zero-order valence-electron chi connectivity index (χ0n) is 13.7. The Morgan fingerprint density at radius 2 is 1.76 bits per heavy atom. The van der Waals surface area contributed by atoms with Crippen molar-refractivity contribution < 1.29 is 19.1 Å². The molecule has 25 heavy (non-hydrogen) atoms. The van der Waals surface area contributed by atoms with Crippen LogP contribution in [0.1, 0.15) is 12.5 Å². The first-order valence-electron chi connectivity index (χ1n) is 7.70. The van der Waals surface area contributed by atoms with E-state index in [1.165, 1.54) is 6.08 Å². The van der Waals surface area contributed by atoms with Crippen molar-refractivity contribution in [3.05, 3.63) is 65.2 Å². The summed E-state index contributed by atoms with van der Waals surface area (Å²) >= 11 is 5.78. The van der Waals surface area contributed by atoms with Gasteiger partial charge < -0.3 is 14.8 Å². The van der Waals surface area contributed by atoms with Crippen LogP contribution in [0.4, 0.5) is 5.69 Å². The van der Waals surface area contributed by atoms with E-state index in [1.807, 2.05) is 6.92 Å². The molecule has 0 saturated carbocycles. The van der Waals surface area contributed by atoms with E-state index in [4.69, 9.17) is 21.1 Å². The van der Waals surface area contributed by atoms with Gasteiger partial charge in [0.1, 0.15) is 5.75 Å². The molecule has 0 aliphatic rings. The molecule has 2 aromatic rings. The van der Waals surface area contributed by atoms with Gasteiger partial charge in [0.15, 0.2) is 6.61 Å². The van der Waals surface area contributed by atoms with Crippen molar-refractivity contribution in [2.75, 3.05) is 18.5 Å². The molecule has 0 spiro atoms. The summed E-state index contributed by atoms with van der Waals surface area (Å²) in [6.07, 6.45) is 2.84. The van der Waals surface area contributed by atoms with Crippen molar-refractivity contribution in [1.82, 2.24) is 0 Å². The van der Waals surface area contributed by atoms with Crippen LogP contribution in [0.15, 0.2) is 54.6 Å². The number of amides is 1. The van der Waals surface area contributed by atoms with Crippen molar-refractivity contribution in [2.45, 2.75) is 6.92 Å². The zero-order valence-corrected chi connectivity index (χ0v) is 14.5. The molecular weight excluding hydrogens is 342 g/mol. The number of nitrogens with one attached hydrogen (secondary N) is 1. The van der Waals surface area contributed by atoms with Crippen molar-refractivity contribution in [2.24, 2.45) is 0 Å². The van der Waals surface area contributed by atoms with Crippen LogP contribution in [0.5, 0.6) is 5.75 Å². The first-order chi connectivity index (χ1) is 12.1. The molecule has 0 aliphatic heterocycles. The second-order valence-corrected chi connectivity index (χ2v) is 5.43. The second-order valence-electron chi connectivity index (χ2n) is 5.00. The molecule has 0 heterocycles. The Morgan fingerprint density at radius 3 is 2.40 bits per heavy atom. The third-order valence-corrected chi connectivity index (χ3v) is 3.33. The third kappa shape index (κ3) is 6.69. The predicted molar refractivity (Wildman–Crippen MR) is 97.7 cm³/mol. The van der Waals surface area contributed by atoms with Crippen molar-refractivity contribution in [3.8, 4) is 5.75 Å². The Kier molecular flexibility index (Phi) is 7.04. The maximum absolute atomic E-state index is 11.8. The van der Waals surface area contributed by atoms with Crippen LogP contribution in [0.3, 0.4) is 0 Å². The summed E-state index contributed by atoms with van der Waals surface area (Å²) in [7, 11) is 0. The van der Waals surface area contributed by atoms with Gasteiger partial charge in [-0.15, -0.1) is 0 Å². The molecule has 0 aliphatic carbocycles. The first-order valence-corrected chi connectivity index (χ1v) is 8.07. The average Bonchev–Trinajstić information content (AvgIpc) is 2.61. The van der Waals surface area contributed by atoms with Crippen LogP contribution in [0.25, 0.3) is 6.08 Å². The number of halogens is 1. The van der Waals surface area contributed by atoms with Gasteiger partial charge >= 0.3 is 5.97 Å². The van der Waals surface area contributed by atoms with Crippen LogP contribution in [0, 0.1) is 0 Å². The number of anilines is 1. The molecule has 2 aromatic carbocycles. The Balaban J connectivity index is 1.76. The molecule has 1 N–H and O–H groups in total. The minimum absolute atomic E-state index is 0.364. The SMILES string of the molecule is CCOc1ccc(NC(=O)COC(=O)/C=C/c2ccc(Cl)cc2)cc1. The van der Waals surface area contributed by atoms with Gasteiger partial charge in [0.05, 0.1) is 6.61 Å². The molecule has 1 amide bonds. The predicted octanol–water partition coefficient (Wildman–Crippen LogP) is 3.93. The van der Waals surface area contributed by atoms with Gasteiger partial charge in [-0.25, -0.2) is 4.79 Å². The third-order valence-electron chi connectivity index (χ3n) is 3.08. The van der Waals surface area contributed by atoms with Crippen molar-refractivity contribution >= 4 is 35.2 Å². The highest BCUT2D eigenvalue weighted by atomic mass is 35.5. The van der Waals surface area contributed by atoms with Gasteiger partial charge in [0.25, 0.3) is 5.91 Å². The molecule has 0 fully saturated rings. The number of carbonyl (C=O) groups is 2. The van der Waals surface area contributed by atoms with E-state index < -0.39 is 11.9 Å². The second kappa shape index (κ2) is 9.49. The maximum atomic E-state index is 11.8.